The molecule has 0 bridgehead atoms. The Kier molecular flexibility index (Phi) is 3.30. The molecule has 0 radical (unpaired) electrons. The highest BCUT2D eigenvalue weighted by atomic mass is 35.5. The largest absolute Gasteiger partial charge is 0.384 e. The van der Waals surface area contributed by atoms with Crippen molar-refractivity contribution < 1.29 is 4.39 Å². The molecule has 18 heavy (non-hydrogen) atoms. The molecule has 3 nitrogen and oxygen atoms in total. The number of halogens is 2. The van der Waals surface area contributed by atoms with Crippen LogP contribution in [0.2, 0.25) is 5.02 Å². The fourth-order valence-corrected chi connectivity index (χ4v) is 2.22. The quantitative estimate of drug-likeness (QED) is 0.904. The molecule has 0 saturated carbocycles. The van der Waals surface area contributed by atoms with Crippen LogP contribution in [0.4, 0.5) is 10.2 Å². The van der Waals surface area contributed by atoms with Crippen molar-refractivity contribution in [2.45, 2.75) is 19.8 Å². The van der Waals surface area contributed by atoms with E-state index in [4.69, 9.17) is 17.3 Å². The summed E-state index contributed by atoms with van der Waals surface area (Å²) in [6, 6.07) is 4.69. The Bertz CT molecular complexity index is 590. The molecule has 2 rings (SSSR count). The maximum atomic E-state index is 13.5. The van der Waals surface area contributed by atoms with Crippen molar-refractivity contribution in [3.8, 4) is 11.3 Å². The zero-order chi connectivity index (χ0) is 13.4. The van der Waals surface area contributed by atoms with Gasteiger partial charge in [0.05, 0.1) is 10.7 Å². The van der Waals surface area contributed by atoms with Gasteiger partial charge in [-0.25, -0.2) is 4.39 Å². The number of benzene rings is 1. The van der Waals surface area contributed by atoms with Crippen molar-refractivity contribution in [2.75, 3.05) is 5.73 Å². The third-order valence-electron chi connectivity index (χ3n) is 2.91. The summed E-state index contributed by atoms with van der Waals surface area (Å²) < 4.78 is 15.1. The number of nitrogens with two attached hydrogens (primary N) is 1. The molecule has 5 heteroatoms. The van der Waals surface area contributed by atoms with E-state index >= 15 is 0 Å². The lowest BCUT2D eigenvalue weighted by atomic mass is 9.98. The first-order chi connectivity index (χ1) is 8.43. The molecule has 0 aliphatic carbocycles. The van der Waals surface area contributed by atoms with Crippen LogP contribution in [0.15, 0.2) is 18.2 Å². The molecule has 0 amide bonds. The second-order valence-electron chi connectivity index (χ2n) is 4.53. The average molecular weight is 268 g/mol. The molecule has 2 aromatic rings. The average Bonchev–Trinajstić information content (AvgIpc) is 2.59. The highest BCUT2D eigenvalue weighted by Gasteiger charge is 2.20. The topological polar surface area (TPSA) is 43.8 Å². The van der Waals surface area contributed by atoms with Gasteiger partial charge in [0.2, 0.25) is 0 Å². The number of hydrogen-bond donors (Lipinski definition) is 1. The van der Waals surface area contributed by atoms with E-state index in [0.717, 1.165) is 5.56 Å². The van der Waals surface area contributed by atoms with Crippen molar-refractivity contribution in [1.29, 1.82) is 0 Å². The summed E-state index contributed by atoms with van der Waals surface area (Å²) in [6.45, 7) is 4.04. The fraction of sp³-hybridized carbons (Fsp3) is 0.308. The van der Waals surface area contributed by atoms with Gasteiger partial charge in [-0.1, -0.05) is 37.6 Å². The van der Waals surface area contributed by atoms with Crippen LogP contribution in [0.5, 0.6) is 0 Å². The second kappa shape index (κ2) is 4.61. The normalized spacial score (nSPS) is 11.2. The monoisotopic (exact) mass is 267 g/mol. The van der Waals surface area contributed by atoms with E-state index < -0.39 is 5.82 Å². The molecular formula is C13H15ClFN3. The molecule has 0 saturated heterocycles. The first kappa shape index (κ1) is 12.9. The van der Waals surface area contributed by atoms with Crippen molar-refractivity contribution >= 4 is 17.4 Å². The molecule has 1 aromatic carbocycles. The predicted molar refractivity (Wildman–Crippen MR) is 72.1 cm³/mol. The van der Waals surface area contributed by atoms with Crippen LogP contribution in [0.1, 0.15) is 25.3 Å². The van der Waals surface area contributed by atoms with Crippen molar-refractivity contribution in [1.82, 2.24) is 9.78 Å². The van der Waals surface area contributed by atoms with Gasteiger partial charge in [0, 0.05) is 18.2 Å². The lowest BCUT2D eigenvalue weighted by molar-refractivity contribution is 0.628. The minimum Gasteiger partial charge on any atom is -0.384 e. The van der Waals surface area contributed by atoms with Crippen LogP contribution in [0.3, 0.4) is 0 Å². The number of hydrogen-bond acceptors (Lipinski definition) is 2. The number of nitrogen functional groups attached to an aromatic ring is 1. The van der Waals surface area contributed by atoms with Gasteiger partial charge < -0.3 is 5.73 Å². The summed E-state index contributed by atoms with van der Waals surface area (Å²) in [6.07, 6.45) is 0. The minimum absolute atomic E-state index is 0.0810. The lowest BCUT2D eigenvalue weighted by Crippen LogP contribution is -2.00. The second-order valence-corrected chi connectivity index (χ2v) is 4.91. The summed E-state index contributed by atoms with van der Waals surface area (Å²) in [5.74, 6) is 0.321. The summed E-state index contributed by atoms with van der Waals surface area (Å²) in [5.41, 5.74) is 8.11. The molecule has 1 heterocycles. The summed E-state index contributed by atoms with van der Waals surface area (Å²) >= 11 is 6.00. The van der Waals surface area contributed by atoms with Crippen LogP contribution < -0.4 is 5.73 Å². The first-order valence-electron chi connectivity index (χ1n) is 5.70. The first-order valence-corrected chi connectivity index (χ1v) is 6.08. The van der Waals surface area contributed by atoms with Gasteiger partial charge in [-0.15, -0.1) is 0 Å². The zero-order valence-electron chi connectivity index (χ0n) is 10.5. The van der Waals surface area contributed by atoms with Gasteiger partial charge in [-0.05, 0) is 12.0 Å². The van der Waals surface area contributed by atoms with E-state index in [-0.39, 0.29) is 10.9 Å². The highest BCUT2D eigenvalue weighted by Crippen LogP contribution is 2.36. The number of aryl methyl sites for hydroxylation is 1. The van der Waals surface area contributed by atoms with Crippen molar-refractivity contribution in [2.24, 2.45) is 7.05 Å². The van der Waals surface area contributed by atoms with E-state index in [1.807, 2.05) is 13.8 Å². The smallest absolute Gasteiger partial charge is 0.142 e. The van der Waals surface area contributed by atoms with Crippen molar-refractivity contribution in [3.63, 3.8) is 0 Å². The third kappa shape index (κ3) is 1.97. The summed E-state index contributed by atoms with van der Waals surface area (Å²) in [4.78, 5) is 0. The Morgan fingerprint density at radius 2 is 2.06 bits per heavy atom. The molecular weight excluding hydrogens is 253 g/mol. The maximum absolute atomic E-state index is 13.5. The van der Waals surface area contributed by atoms with Crippen LogP contribution in [-0.2, 0) is 7.05 Å². The van der Waals surface area contributed by atoms with E-state index in [0.29, 0.717) is 17.1 Å². The van der Waals surface area contributed by atoms with Crippen LogP contribution >= 0.6 is 11.6 Å². The summed E-state index contributed by atoms with van der Waals surface area (Å²) in [7, 11) is 1.76. The molecule has 0 aliphatic rings. The maximum Gasteiger partial charge on any atom is 0.142 e. The van der Waals surface area contributed by atoms with E-state index in [9.17, 15) is 4.39 Å². The van der Waals surface area contributed by atoms with E-state index in [1.165, 1.54) is 6.07 Å². The Labute approximate surface area is 110 Å². The zero-order valence-corrected chi connectivity index (χ0v) is 11.3. The van der Waals surface area contributed by atoms with Gasteiger partial charge in [-0.3, -0.25) is 4.68 Å². The fourth-order valence-electron chi connectivity index (χ4n) is 2.01. The van der Waals surface area contributed by atoms with E-state index in [1.54, 1.807) is 23.9 Å². The van der Waals surface area contributed by atoms with Gasteiger partial charge in [0.25, 0.3) is 0 Å². The third-order valence-corrected chi connectivity index (χ3v) is 3.30. The molecule has 0 spiro atoms. The van der Waals surface area contributed by atoms with Crippen LogP contribution in [0.25, 0.3) is 11.3 Å². The molecule has 0 fully saturated rings. The SMILES string of the molecule is CC(C)c1c(-c2cccc(F)c2Cl)nn(C)c1N. The number of anilines is 1. The standard InChI is InChI=1S/C13H15ClFN3/c1-7(2)10-12(17-18(3)13(10)16)8-5-4-6-9(15)11(8)14/h4-7H,16H2,1-3H3. The van der Waals surface area contributed by atoms with Crippen LogP contribution in [0, 0.1) is 5.82 Å². The molecule has 0 unspecified atom stereocenters. The Morgan fingerprint density at radius 1 is 1.39 bits per heavy atom. The van der Waals surface area contributed by atoms with Crippen molar-refractivity contribution in [3.05, 3.63) is 34.6 Å². The minimum atomic E-state index is -0.451. The summed E-state index contributed by atoms with van der Waals surface area (Å²) in [5, 5.41) is 4.43. The molecule has 96 valence electrons. The molecule has 0 aliphatic heterocycles. The molecule has 2 N–H and O–H groups in total. The number of rotatable bonds is 2. The Morgan fingerprint density at radius 3 is 2.67 bits per heavy atom. The van der Waals surface area contributed by atoms with Gasteiger partial charge in [0.15, 0.2) is 0 Å². The van der Waals surface area contributed by atoms with E-state index in [2.05, 4.69) is 5.10 Å². The number of nitrogens with zero attached hydrogens (tertiary/aromatic N) is 2. The molecule has 0 atom stereocenters. The highest BCUT2D eigenvalue weighted by molar-refractivity contribution is 6.33. The molecule has 1 aromatic heterocycles. The number of aromatic nitrogens is 2. The lowest BCUT2D eigenvalue weighted by Gasteiger charge is -2.08. The van der Waals surface area contributed by atoms with Crippen LogP contribution in [-0.4, -0.2) is 9.78 Å². The Balaban J connectivity index is 2.71. The predicted octanol–water partition coefficient (Wildman–Crippen LogP) is 3.59. The van der Waals surface area contributed by atoms with Gasteiger partial charge in [0.1, 0.15) is 11.6 Å². The Hall–Kier alpha value is -1.55. The van der Waals surface area contributed by atoms with Gasteiger partial charge >= 0.3 is 0 Å². The van der Waals surface area contributed by atoms with Gasteiger partial charge in [-0.2, -0.15) is 5.10 Å².